The van der Waals surface area contributed by atoms with Crippen LogP contribution in [0.5, 0.6) is 11.5 Å². The van der Waals surface area contributed by atoms with Gasteiger partial charge in [0, 0.05) is 38.0 Å². The molecule has 0 spiro atoms. The molecular weight excluding hydrogens is 352 g/mol. The average molecular weight is 372 g/mol. The molecule has 2 aromatic rings. The van der Waals surface area contributed by atoms with Crippen molar-refractivity contribution in [1.29, 1.82) is 0 Å². The number of rotatable bonds is 4. The molecule has 1 aromatic carbocycles. The summed E-state index contributed by atoms with van der Waals surface area (Å²) in [5.41, 5.74) is 0.976. The molecular formula is C18H20N4O5. The van der Waals surface area contributed by atoms with Crippen molar-refractivity contribution >= 4 is 17.5 Å². The van der Waals surface area contributed by atoms with Crippen LogP contribution in [0.15, 0.2) is 30.5 Å². The molecule has 1 saturated heterocycles. The summed E-state index contributed by atoms with van der Waals surface area (Å²) in [6, 6.07) is 6.54. The summed E-state index contributed by atoms with van der Waals surface area (Å²) in [5.74, 6) is 0.851. The van der Waals surface area contributed by atoms with E-state index in [1.165, 1.54) is 0 Å². The van der Waals surface area contributed by atoms with E-state index < -0.39 is 0 Å². The molecule has 1 fully saturated rings. The predicted molar refractivity (Wildman–Crippen MR) is 94.7 cm³/mol. The summed E-state index contributed by atoms with van der Waals surface area (Å²) in [6.45, 7) is 1.36. The Morgan fingerprint density at radius 3 is 2.93 bits per heavy atom. The van der Waals surface area contributed by atoms with E-state index in [0.717, 1.165) is 0 Å². The first-order chi connectivity index (χ1) is 13.1. The number of benzene rings is 1. The lowest BCUT2D eigenvalue weighted by atomic mass is 10.1. The van der Waals surface area contributed by atoms with Crippen LogP contribution in [0.25, 0.3) is 0 Å². The molecule has 4 rings (SSSR count). The fourth-order valence-corrected chi connectivity index (χ4v) is 3.17. The van der Waals surface area contributed by atoms with Crippen LogP contribution in [0.1, 0.15) is 16.9 Å². The average Bonchev–Trinajstić information content (AvgIpc) is 3.30. The molecule has 0 radical (unpaired) electrons. The fraction of sp³-hybridized carbons (Fsp3) is 0.389. The van der Waals surface area contributed by atoms with Gasteiger partial charge in [-0.05, 0) is 18.2 Å². The Morgan fingerprint density at radius 2 is 2.11 bits per heavy atom. The normalized spacial score (nSPS) is 18.4. The van der Waals surface area contributed by atoms with Crippen LogP contribution in [-0.4, -0.2) is 59.1 Å². The van der Waals surface area contributed by atoms with Crippen LogP contribution in [0.2, 0.25) is 0 Å². The van der Waals surface area contributed by atoms with E-state index in [-0.39, 0.29) is 31.1 Å². The number of morpholine rings is 1. The summed E-state index contributed by atoms with van der Waals surface area (Å²) in [5, 5.41) is 6.99. The summed E-state index contributed by atoms with van der Waals surface area (Å²) in [6.07, 6.45) is 1.85. The van der Waals surface area contributed by atoms with Gasteiger partial charge in [-0.15, -0.1) is 0 Å². The first kappa shape index (κ1) is 17.3. The van der Waals surface area contributed by atoms with Crippen LogP contribution in [0.4, 0.5) is 5.69 Å². The monoisotopic (exact) mass is 372 g/mol. The van der Waals surface area contributed by atoms with Crippen LogP contribution in [0.3, 0.4) is 0 Å². The largest absolute Gasteiger partial charge is 0.454 e. The Hall–Kier alpha value is -3.07. The lowest BCUT2D eigenvalue weighted by molar-refractivity contribution is -0.118. The van der Waals surface area contributed by atoms with Crippen LogP contribution < -0.4 is 14.8 Å². The third-order valence-electron chi connectivity index (χ3n) is 4.50. The minimum atomic E-state index is -0.345. The van der Waals surface area contributed by atoms with Gasteiger partial charge >= 0.3 is 0 Å². The molecule has 27 heavy (non-hydrogen) atoms. The number of anilines is 1. The molecule has 3 heterocycles. The van der Waals surface area contributed by atoms with Crippen molar-refractivity contribution in [2.75, 3.05) is 31.9 Å². The van der Waals surface area contributed by atoms with E-state index in [4.69, 9.17) is 14.2 Å². The van der Waals surface area contributed by atoms with Gasteiger partial charge in [-0.3, -0.25) is 14.3 Å². The Balaban J connectivity index is 1.41. The molecule has 2 amide bonds. The maximum absolute atomic E-state index is 12.7. The zero-order chi connectivity index (χ0) is 18.8. The predicted octanol–water partition coefficient (Wildman–Crippen LogP) is 1.02. The van der Waals surface area contributed by atoms with Gasteiger partial charge in [0.15, 0.2) is 11.5 Å². The molecule has 1 N–H and O–H groups in total. The van der Waals surface area contributed by atoms with Crippen molar-refractivity contribution in [3.63, 3.8) is 0 Å². The van der Waals surface area contributed by atoms with Crippen molar-refractivity contribution < 1.29 is 23.8 Å². The van der Waals surface area contributed by atoms with Crippen LogP contribution in [0, 0.1) is 0 Å². The minimum Gasteiger partial charge on any atom is -0.454 e. The number of nitrogens with one attached hydrogen (secondary N) is 1. The van der Waals surface area contributed by atoms with E-state index in [0.29, 0.717) is 42.6 Å². The second-order valence-electron chi connectivity index (χ2n) is 6.42. The molecule has 2 aliphatic rings. The number of aromatic nitrogens is 2. The van der Waals surface area contributed by atoms with Crippen molar-refractivity contribution in [3.8, 4) is 11.5 Å². The first-order valence-electron chi connectivity index (χ1n) is 8.68. The number of aryl methyl sites for hydroxylation is 1. The molecule has 9 nitrogen and oxygen atoms in total. The van der Waals surface area contributed by atoms with Gasteiger partial charge in [0.25, 0.3) is 5.91 Å². The molecule has 142 valence electrons. The van der Waals surface area contributed by atoms with Crippen molar-refractivity contribution in [1.82, 2.24) is 14.7 Å². The summed E-state index contributed by atoms with van der Waals surface area (Å²) in [4.78, 5) is 26.9. The number of nitrogens with zero attached hydrogens (tertiary/aromatic N) is 3. The second-order valence-corrected chi connectivity index (χ2v) is 6.42. The molecule has 0 unspecified atom stereocenters. The fourth-order valence-electron chi connectivity index (χ4n) is 3.17. The lowest BCUT2D eigenvalue weighted by Gasteiger charge is -2.34. The lowest BCUT2D eigenvalue weighted by Crippen LogP contribution is -2.50. The smallest absolute Gasteiger partial charge is 0.274 e. The molecule has 0 aliphatic carbocycles. The zero-order valence-corrected chi connectivity index (χ0v) is 14.9. The van der Waals surface area contributed by atoms with Crippen molar-refractivity contribution in [2.24, 2.45) is 7.05 Å². The molecule has 1 aromatic heterocycles. The highest BCUT2D eigenvalue weighted by atomic mass is 16.7. The second kappa shape index (κ2) is 7.28. The van der Waals surface area contributed by atoms with E-state index >= 15 is 0 Å². The van der Waals surface area contributed by atoms with Gasteiger partial charge in [-0.25, -0.2) is 0 Å². The van der Waals surface area contributed by atoms with E-state index in [1.807, 2.05) is 0 Å². The topological polar surface area (TPSA) is 94.9 Å². The van der Waals surface area contributed by atoms with Gasteiger partial charge in [-0.1, -0.05) is 0 Å². The zero-order valence-electron chi connectivity index (χ0n) is 14.9. The molecule has 2 aliphatic heterocycles. The van der Waals surface area contributed by atoms with Gasteiger partial charge in [0.2, 0.25) is 12.7 Å². The third kappa shape index (κ3) is 3.72. The van der Waals surface area contributed by atoms with Crippen molar-refractivity contribution in [3.05, 3.63) is 36.2 Å². The third-order valence-corrected chi connectivity index (χ3v) is 4.50. The number of amides is 2. The Morgan fingerprint density at radius 1 is 1.26 bits per heavy atom. The van der Waals surface area contributed by atoms with E-state index in [9.17, 15) is 9.59 Å². The number of ether oxygens (including phenoxy) is 3. The van der Waals surface area contributed by atoms with E-state index in [2.05, 4.69) is 10.4 Å². The van der Waals surface area contributed by atoms with Gasteiger partial charge < -0.3 is 24.4 Å². The van der Waals surface area contributed by atoms with E-state index in [1.54, 1.807) is 47.1 Å². The minimum absolute atomic E-state index is 0.132. The number of fused-ring (bicyclic) bond motifs is 1. The molecule has 1 atom stereocenters. The maximum Gasteiger partial charge on any atom is 0.274 e. The quantitative estimate of drug-likeness (QED) is 0.861. The Labute approximate surface area is 155 Å². The van der Waals surface area contributed by atoms with Crippen molar-refractivity contribution in [2.45, 2.75) is 12.5 Å². The highest BCUT2D eigenvalue weighted by molar-refractivity contribution is 5.94. The molecule has 0 bridgehead atoms. The molecule has 0 saturated carbocycles. The Bertz CT molecular complexity index is 865. The highest BCUT2D eigenvalue weighted by Crippen LogP contribution is 2.34. The number of hydrogen-bond acceptors (Lipinski definition) is 6. The summed E-state index contributed by atoms with van der Waals surface area (Å²) < 4.78 is 17.6. The first-order valence-corrected chi connectivity index (χ1v) is 8.68. The standard InChI is InChI=1S/C18H20N4O5/c1-21-5-4-14(20-21)18(24)22-6-7-25-10-13(22)9-17(23)19-12-2-3-15-16(8-12)27-11-26-15/h2-5,8,13H,6-7,9-11H2,1H3,(H,19,23)/t13-/m1/s1. The summed E-state index contributed by atoms with van der Waals surface area (Å²) >= 11 is 0. The SMILES string of the molecule is Cn1ccc(C(=O)N2CCOC[C@H]2CC(=O)Nc2ccc3c(c2)OCO3)n1. The van der Waals surface area contributed by atoms with Crippen LogP contribution >= 0.6 is 0 Å². The van der Waals surface area contributed by atoms with Gasteiger partial charge in [-0.2, -0.15) is 5.10 Å². The van der Waals surface area contributed by atoms with Gasteiger partial charge in [0.1, 0.15) is 5.69 Å². The van der Waals surface area contributed by atoms with Crippen LogP contribution in [-0.2, 0) is 16.6 Å². The number of hydrogen-bond donors (Lipinski definition) is 1. The Kier molecular flexibility index (Phi) is 4.68. The summed E-state index contributed by atoms with van der Waals surface area (Å²) in [7, 11) is 1.76. The molecule has 9 heteroatoms. The van der Waals surface area contributed by atoms with Gasteiger partial charge in [0.05, 0.1) is 19.3 Å². The highest BCUT2D eigenvalue weighted by Gasteiger charge is 2.31. The number of carbonyl (C=O) groups excluding carboxylic acids is 2. The number of carbonyl (C=O) groups is 2. The maximum atomic E-state index is 12.7.